The monoisotopic (exact) mass is 399 g/mol. The lowest BCUT2D eigenvalue weighted by molar-refractivity contribution is -0.627. The zero-order valence-electron chi connectivity index (χ0n) is 21.3. The van der Waals surface area contributed by atoms with E-state index in [9.17, 15) is 0 Å². The van der Waals surface area contributed by atoms with Gasteiger partial charge in [-0.15, -0.1) is 0 Å². The molecule has 2 heterocycles. The Morgan fingerprint density at radius 3 is 2.43 bits per heavy atom. The summed E-state index contributed by atoms with van der Waals surface area (Å²) in [5.41, 5.74) is 6.75. The lowest BCUT2D eigenvalue weighted by Crippen LogP contribution is -2.61. The van der Waals surface area contributed by atoms with Crippen molar-refractivity contribution in [1.29, 1.82) is 0 Å². The third-order valence-electron chi connectivity index (χ3n) is 6.11. The molecule has 0 spiro atoms. The van der Waals surface area contributed by atoms with Crippen LogP contribution < -0.4 is 15.0 Å². The number of aryl methyl sites for hydroxylation is 1. The van der Waals surface area contributed by atoms with Crippen molar-refractivity contribution in [3.63, 3.8) is 0 Å². The lowest BCUT2D eigenvalue weighted by Gasteiger charge is -2.36. The number of rotatable bonds is 3. The van der Waals surface area contributed by atoms with Crippen molar-refractivity contribution < 1.29 is 7.31 Å². The van der Waals surface area contributed by atoms with E-state index in [1.807, 2.05) is 32.0 Å². The SMILES string of the molecule is [2H]C([2H])(c1cc(B2C=C(C(C)(C)C)c3ccccc3N2C)[n+](C)c2ccccc12)C(C)C. The van der Waals surface area contributed by atoms with Gasteiger partial charge in [0.05, 0.1) is 0 Å². The van der Waals surface area contributed by atoms with Crippen LogP contribution in [0.4, 0.5) is 5.69 Å². The molecule has 1 aliphatic heterocycles. The van der Waals surface area contributed by atoms with Crippen LogP contribution in [0.1, 0.15) is 48.5 Å². The van der Waals surface area contributed by atoms with Crippen LogP contribution in [-0.2, 0) is 13.4 Å². The molecule has 0 amide bonds. The highest BCUT2D eigenvalue weighted by atomic mass is 15.1. The average molecular weight is 399 g/mol. The normalized spacial score (nSPS) is 15.8. The van der Waals surface area contributed by atoms with Gasteiger partial charge in [0, 0.05) is 25.9 Å². The van der Waals surface area contributed by atoms with Crippen LogP contribution in [0.15, 0.2) is 60.6 Å². The van der Waals surface area contributed by atoms with Gasteiger partial charge in [0.1, 0.15) is 7.05 Å². The standard InChI is InChI=1S/C27H34BN2/c1-19(2)16-20-17-26(29(6)24-14-10-8-12-21(20)24)28-18-23(27(3,4)5)22-13-9-11-15-25(22)30(28)7/h8-15,17-19H,16H2,1-7H3/q+1/i16D2. The summed E-state index contributed by atoms with van der Waals surface area (Å²) < 4.78 is 20.1. The van der Waals surface area contributed by atoms with Gasteiger partial charge in [0.15, 0.2) is 5.59 Å². The largest absolute Gasteiger partial charge is 0.405 e. The summed E-state index contributed by atoms with van der Waals surface area (Å²) >= 11 is 0. The van der Waals surface area contributed by atoms with Crippen LogP contribution in [-0.4, -0.2) is 13.9 Å². The molecule has 0 N–H and O–H groups in total. The molecule has 154 valence electrons. The van der Waals surface area contributed by atoms with Gasteiger partial charge in [-0.1, -0.05) is 70.9 Å². The molecule has 30 heavy (non-hydrogen) atoms. The molecule has 0 radical (unpaired) electrons. The Bertz CT molecular complexity index is 1210. The Kier molecular flexibility index (Phi) is 4.63. The highest BCUT2D eigenvalue weighted by Crippen LogP contribution is 2.41. The molecule has 3 aromatic rings. The summed E-state index contributed by atoms with van der Waals surface area (Å²) in [6.45, 7) is 10.7. The van der Waals surface area contributed by atoms with Crippen molar-refractivity contribution >= 4 is 34.6 Å². The molecule has 0 bridgehead atoms. The van der Waals surface area contributed by atoms with Gasteiger partial charge >= 0.3 is 6.85 Å². The summed E-state index contributed by atoms with van der Waals surface area (Å²) in [6.07, 6.45) is -1.43. The first-order valence-electron chi connectivity index (χ1n) is 11.9. The van der Waals surface area contributed by atoms with Crippen LogP contribution in [0, 0.1) is 11.3 Å². The Morgan fingerprint density at radius 2 is 1.73 bits per heavy atom. The van der Waals surface area contributed by atoms with E-state index < -0.39 is 6.37 Å². The molecule has 1 aliphatic rings. The van der Waals surface area contributed by atoms with Crippen LogP contribution in [0.2, 0.25) is 0 Å². The molecule has 2 aromatic carbocycles. The Labute approximate surface area is 185 Å². The second kappa shape index (κ2) is 7.61. The fourth-order valence-electron chi connectivity index (χ4n) is 4.63. The van der Waals surface area contributed by atoms with E-state index >= 15 is 0 Å². The van der Waals surface area contributed by atoms with Crippen LogP contribution >= 0.6 is 0 Å². The van der Waals surface area contributed by atoms with Gasteiger partial charge in [-0.2, -0.15) is 0 Å². The number of fused-ring (bicyclic) bond motifs is 2. The molecule has 3 heteroatoms. The second-order valence-corrected chi connectivity index (χ2v) is 9.76. The molecule has 0 fully saturated rings. The van der Waals surface area contributed by atoms with E-state index in [0.717, 1.165) is 22.1 Å². The van der Waals surface area contributed by atoms with Crippen LogP contribution in [0.25, 0.3) is 16.5 Å². The summed E-state index contributed by atoms with van der Waals surface area (Å²) in [4.78, 5) is 2.32. The summed E-state index contributed by atoms with van der Waals surface area (Å²) in [7, 11) is 4.25. The molecule has 0 unspecified atom stereocenters. The van der Waals surface area contributed by atoms with Gasteiger partial charge in [0.2, 0.25) is 5.52 Å². The smallest absolute Gasteiger partial charge is 0.396 e. The van der Waals surface area contributed by atoms with Gasteiger partial charge in [0.25, 0.3) is 0 Å². The number of hydrogen-bond donors (Lipinski definition) is 0. The quantitative estimate of drug-likeness (QED) is 0.435. The van der Waals surface area contributed by atoms with E-state index in [4.69, 9.17) is 2.74 Å². The average Bonchev–Trinajstić information content (AvgIpc) is 2.74. The minimum Gasteiger partial charge on any atom is -0.405 e. The molecule has 1 aromatic heterocycles. The highest BCUT2D eigenvalue weighted by molar-refractivity contribution is 6.81. The zero-order chi connectivity index (χ0) is 23.4. The van der Waals surface area contributed by atoms with E-state index in [0.29, 0.717) is 0 Å². The number of nitrogens with zero attached hydrogens (tertiary/aromatic N) is 2. The van der Waals surface area contributed by atoms with Gasteiger partial charge in [-0.25, -0.2) is 4.57 Å². The predicted molar refractivity (Wildman–Crippen MR) is 131 cm³/mol. The number of para-hydroxylation sites is 2. The number of allylic oxidation sites excluding steroid dienone is 1. The Hall–Kier alpha value is -2.55. The minimum absolute atomic E-state index is 0.000397. The predicted octanol–water partition coefficient (Wildman–Crippen LogP) is 5.18. The molecular formula is C27H34BN2+. The fourth-order valence-corrected chi connectivity index (χ4v) is 4.63. The molecule has 0 saturated heterocycles. The second-order valence-electron chi connectivity index (χ2n) is 9.76. The molecule has 0 atom stereocenters. The number of pyridine rings is 1. The first kappa shape index (κ1) is 18.2. The number of aromatic nitrogens is 1. The van der Waals surface area contributed by atoms with Crippen molar-refractivity contribution in [2.24, 2.45) is 18.4 Å². The molecule has 0 saturated carbocycles. The maximum absolute atomic E-state index is 8.92. The van der Waals surface area contributed by atoms with Crippen molar-refractivity contribution in [3.05, 3.63) is 71.7 Å². The molecular weight excluding hydrogens is 363 g/mol. The maximum atomic E-state index is 8.92. The minimum atomic E-state index is -1.43. The highest BCUT2D eigenvalue weighted by Gasteiger charge is 2.38. The van der Waals surface area contributed by atoms with Crippen molar-refractivity contribution in [2.45, 2.75) is 41.0 Å². The summed E-state index contributed by atoms with van der Waals surface area (Å²) in [5.74, 6) is 2.25. The number of benzene rings is 2. The summed E-state index contributed by atoms with van der Waals surface area (Å²) in [5, 5.41) is 0.983. The Balaban J connectivity index is 2.03. The number of anilines is 1. The third-order valence-corrected chi connectivity index (χ3v) is 6.11. The third kappa shape index (κ3) is 3.55. The van der Waals surface area contributed by atoms with Crippen LogP contribution in [0.5, 0.6) is 0 Å². The van der Waals surface area contributed by atoms with Gasteiger partial charge in [-0.3, -0.25) is 0 Å². The maximum Gasteiger partial charge on any atom is 0.396 e. The fraction of sp³-hybridized carbons (Fsp3) is 0.370. The van der Waals surface area contributed by atoms with Crippen molar-refractivity contribution in [3.8, 4) is 0 Å². The Morgan fingerprint density at radius 1 is 1.07 bits per heavy atom. The molecule has 2 nitrogen and oxygen atoms in total. The van der Waals surface area contributed by atoms with Crippen molar-refractivity contribution in [2.75, 3.05) is 11.9 Å². The lowest BCUT2D eigenvalue weighted by atomic mass is 9.51. The van der Waals surface area contributed by atoms with E-state index in [1.54, 1.807) is 0 Å². The molecule has 0 aliphatic carbocycles. The molecule has 4 rings (SSSR count). The van der Waals surface area contributed by atoms with Crippen molar-refractivity contribution in [1.82, 2.24) is 0 Å². The van der Waals surface area contributed by atoms with Gasteiger partial charge in [-0.05, 0) is 53.6 Å². The number of hydrogen-bond acceptors (Lipinski definition) is 1. The first-order chi connectivity index (χ1) is 14.9. The van der Waals surface area contributed by atoms with E-state index in [-0.39, 0.29) is 18.2 Å². The zero-order valence-corrected chi connectivity index (χ0v) is 19.3. The topological polar surface area (TPSA) is 7.12 Å². The summed E-state index contributed by atoms with van der Waals surface area (Å²) in [6, 6.07) is 18.9. The van der Waals surface area contributed by atoms with Gasteiger partial charge < -0.3 is 4.81 Å². The van der Waals surface area contributed by atoms with E-state index in [1.165, 1.54) is 16.8 Å². The van der Waals surface area contributed by atoms with E-state index in [2.05, 4.69) is 86.6 Å². The van der Waals surface area contributed by atoms with Crippen LogP contribution in [0.3, 0.4) is 0 Å². The first-order valence-corrected chi connectivity index (χ1v) is 10.9.